The second-order valence-electron chi connectivity index (χ2n) is 4.87. The van der Waals surface area contributed by atoms with Gasteiger partial charge in [-0.3, -0.25) is 9.48 Å². The molecule has 6 heteroatoms. The molecule has 2 atom stereocenters. The van der Waals surface area contributed by atoms with Crippen molar-refractivity contribution < 1.29 is 9.53 Å². The molecule has 1 aromatic rings. The molecule has 1 aliphatic heterocycles. The molecule has 1 amide bonds. The minimum absolute atomic E-state index is 0.0493. The number of hydrogen-bond donors (Lipinski definition) is 2. The van der Waals surface area contributed by atoms with Crippen molar-refractivity contribution in [1.82, 2.24) is 15.1 Å². The number of nitrogens with one attached hydrogen (secondary N) is 2. The first-order chi connectivity index (χ1) is 9.21. The summed E-state index contributed by atoms with van der Waals surface area (Å²) in [5.41, 5.74) is 0.964. The van der Waals surface area contributed by atoms with Crippen LogP contribution >= 0.6 is 0 Å². The SMILES string of the molecule is CCC1CC(Nc2cnn(CC(=O)NC)c2)CCO1. The first kappa shape index (κ1) is 13.9. The summed E-state index contributed by atoms with van der Waals surface area (Å²) in [5.74, 6) is -0.0493. The van der Waals surface area contributed by atoms with Crippen LogP contribution in [0.3, 0.4) is 0 Å². The average molecular weight is 266 g/mol. The van der Waals surface area contributed by atoms with Gasteiger partial charge in [-0.2, -0.15) is 5.10 Å². The lowest BCUT2D eigenvalue weighted by Crippen LogP contribution is -2.33. The highest BCUT2D eigenvalue weighted by Gasteiger charge is 2.21. The van der Waals surface area contributed by atoms with Gasteiger partial charge in [0.05, 0.1) is 18.0 Å². The number of likely N-dealkylation sites (N-methyl/N-ethyl adjacent to an activating group) is 1. The van der Waals surface area contributed by atoms with Crippen molar-refractivity contribution in [2.75, 3.05) is 19.0 Å². The minimum Gasteiger partial charge on any atom is -0.380 e. The summed E-state index contributed by atoms with van der Waals surface area (Å²) < 4.78 is 7.29. The van der Waals surface area contributed by atoms with E-state index in [9.17, 15) is 4.79 Å². The molecule has 19 heavy (non-hydrogen) atoms. The Balaban J connectivity index is 1.87. The molecule has 0 bridgehead atoms. The van der Waals surface area contributed by atoms with E-state index in [1.165, 1.54) is 0 Å². The number of aromatic nitrogens is 2. The highest BCUT2D eigenvalue weighted by molar-refractivity contribution is 5.75. The lowest BCUT2D eigenvalue weighted by atomic mass is 10.0. The number of hydrogen-bond acceptors (Lipinski definition) is 4. The molecule has 0 radical (unpaired) electrons. The van der Waals surface area contributed by atoms with E-state index in [0.29, 0.717) is 12.1 Å². The molecule has 2 N–H and O–H groups in total. The van der Waals surface area contributed by atoms with E-state index in [2.05, 4.69) is 22.7 Å². The maximum Gasteiger partial charge on any atom is 0.241 e. The summed E-state index contributed by atoms with van der Waals surface area (Å²) in [4.78, 5) is 11.3. The van der Waals surface area contributed by atoms with Crippen LogP contribution < -0.4 is 10.6 Å². The molecule has 1 aliphatic rings. The van der Waals surface area contributed by atoms with Crippen LogP contribution in [0.15, 0.2) is 12.4 Å². The number of nitrogens with zero attached hydrogens (tertiary/aromatic N) is 2. The third-order valence-corrected chi connectivity index (χ3v) is 3.41. The van der Waals surface area contributed by atoms with Crippen LogP contribution in [0.5, 0.6) is 0 Å². The number of carbonyl (C=O) groups excluding carboxylic acids is 1. The summed E-state index contributed by atoms with van der Waals surface area (Å²) in [6, 6.07) is 0.427. The molecule has 0 spiro atoms. The molecule has 1 aromatic heterocycles. The lowest BCUT2D eigenvalue weighted by Gasteiger charge is -2.29. The monoisotopic (exact) mass is 266 g/mol. The van der Waals surface area contributed by atoms with Crippen molar-refractivity contribution in [3.8, 4) is 0 Å². The van der Waals surface area contributed by atoms with Crippen molar-refractivity contribution >= 4 is 11.6 Å². The van der Waals surface area contributed by atoms with Gasteiger partial charge < -0.3 is 15.4 Å². The lowest BCUT2D eigenvalue weighted by molar-refractivity contribution is -0.121. The summed E-state index contributed by atoms with van der Waals surface area (Å²) in [6.07, 6.45) is 7.07. The molecular weight excluding hydrogens is 244 g/mol. The van der Waals surface area contributed by atoms with Crippen LogP contribution in [0.2, 0.25) is 0 Å². The molecule has 1 fully saturated rings. The van der Waals surface area contributed by atoms with Gasteiger partial charge in [-0.1, -0.05) is 6.92 Å². The van der Waals surface area contributed by atoms with Gasteiger partial charge in [-0.15, -0.1) is 0 Å². The molecule has 2 unspecified atom stereocenters. The second-order valence-corrected chi connectivity index (χ2v) is 4.87. The maximum absolute atomic E-state index is 11.3. The van der Waals surface area contributed by atoms with Gasteiger partial charge in [0.1, 0.15) is 6.54 Å². The van der Waals surface area contributed by atoms with Gasteiger partial charge in [0.25, 0.3) is 0 Å². The molecule has 2 rings (SSSR count). The van der Waals surface area contributed by atoms with Crippen molar-refractivity contribution in [2.24, 2.45) is 0 Å². The van der Waals surface area contributed by atoms with Crippen LogP contribution in [0.25, 0.3) is 0 Å². The first-order valence-corrected chi connectivity index (χ1v) is 6.82. The quantitative estimate of drug-likeness (QED) is 0.834. The van der Waals surface area contributed by atoms with Crippen molar-refractivity contribution in [3.63, 3.8) is 0 Å². The van der Waals surface area contributed by atoms with Crippen molar-refractivity contribution in [3.05, 3.63) is 12.4 Å². The zero-order chi connectivity index (χ0) is 13.7. The normalized spacial score (nSPS) is 23.1. The number of ether oxygens (including phenoxy) is 1. The predicted octanol–water partition coefficient (Wildman–Crippen LogP) is 0.999. The van der Waals surface area contributed by atoms with Gasteiger partial charge in [0, 0.05) is 25.9 Å². The zero-order valence-electron chi connectivity index (χ0n) is 11.6. The largest absolute Gasteiger partial charge is 0.380 e. The minimum atomic E-state index is -0.0493. The fraction of sp³-hybridized carbons (Fsp3) is 0.692. The third kappa shape index (κ3) is 3.96. The molecule has 0 aromatic carbocycles. The Kier molecular flexibility index (Phi) is 4.79. The fourth-order valence-corrected chi connectivity index (χ4v) is 2.28. The third-order valence-electron chi connectivity index (χ3n) is 3.41. The topological polar surface area (TPSA) is 68.2 Å². The smallest absolute Gasteiger partial charge is 0.241 e. The summed E-state index contributed by atoms with van der Waals surface area (Å²) >= 11 is 0. The van der Waals surface area contributed by atoms with Crippen LogP contribution in [0, 0.1) is 0 Å². The van der Waals surface area contributed by atoms with E-state index >= 15 is 0 Å². The van der Waals surface area contributed by atoms with Gasteiger partial charge in [0.2, 0.25) is 5.91 Å². The molecule has 0 saturated carbocycles. The Bertz CT molecular complexity index is 419. The van der Waals surface area contributed by atoms with E-state index < -0.39 is 0 Å². The molecule has 106 valence electrons. The summed E-state index contributed by atoms with van der Waals surface area (Å²) in [7, 11) is 1.62. The van der Waals surface area contributed by atoms with Crippen LogP contribution in [-0.4, -0.2) is 41.5 Å². The molecular formula is C13H22N4O2. The Hall–Kier alpha value is -1.56. The number of amides is 1. The Labute approximate surface area is 113 Å². The number of anilines is 1. The van der Waals surface area contributed by atoms with E-state index in [1.54, 1.807) is 17.9 Å². The van der Waals surface area contributed by atoms with E-state index in [4.69, 9.17) is 4.74 Å². The van der Waals surface area contributed by atoms with Crippen LogP contribution in [-0.2, 0) is 16.1 Å². The number of carbonyl (C=O) groups is 1. The Morgan fingerprint density at radius 2 is 2.47 bits per heavy atom. The molecule has 1 saturated heterocycles. The van der Waals surface area contributed by atoms with Crippen molar-refractivity contribution in [2.45, 2.75) is 44.9 Å². The number of rotatable bonds is 5. The van der Waals surface area contributed by atoms with E-state index in [0.717, 1.165) is 31.6 Å². The average Bonchev–Trinajstić information content (AvgIpc) is 2.86. The van der Waals surface area contributed by atoms with E-state index in [1.807, 2.05) is 6.20 Å². The van der Waals surface area contributed by atoms with Gasteiger partial charge in [-0.05, 0) is 19.3 Å². The van der Waals surface area contributed by atoms with Crippen LogP contribution in [0.4, 0.5) is 5.69 Å². The molecule has 6 nitrogen and oxygen atoms in total. The first-order valence-electron chi connectivity index (χ1n) is 6.82. The van der Waals surface area contributed by atoms with E-state index in [-0.39, 0.29) is 12.5 Å². The van der Waals surface area contributed by atoms with Crippen molar-refractivity contribution in [1.29, 1.82) is 0 Å². The standard InChI is InChI=1S/C13H22N4O2/c1-3-12-6-10(4-5-19-12)16-11-7-15-17(8-11)9-13(18)14-2/h7-8,10,12,16H,3-6,9H2,1-2H3,(H,14,18). The predicted molar refractivity (Wildman–Crippen MR) is 73.0 cm³/mol. The van der Waals surface area contributed by atoms with Crippen LogP contribution in [0.1, 0.15) is 26.2 Å². The van der Waals surface area contributed by atoms with Gasteiger partial charge in [0.15, 0.2) is 0 Å². The summed E-state index contributed by atoms with van der Waals surface area (Å²) in [6.45, 7) is 3.21. The molecule has 0 aliphatic carbocycles. The zero-order valence-corrected chi connectivity index (χ0v) is 11.6. The van der Waals surface area contributed by atoms with Gasteiger partial charge >= 0.3 is 0 Å². The summed E-state index contributed by atoms with van der Waals surface area (Å²) in [5, 5.41) is 10.2. The maximum atomic E-state index is 11.3. The highest BCUT2D eigenvalue weighted by Crippen LogP contribution is 2.20. The fourth-order valence-electron chi connectivity index (χ4n) is 2.28. The second kappa shape index (κ2) is 6.56. The van der Waals surface area contributed by atoms with Gasteiger partial charge in [-0.25, -0.2) is 0 Å². The highest BCUT2D eigenvalue weighted by atomic mass is 16.5. The Morgan fingerprint density at radius 1 is 1.63 bits per heavy atom. The molecule has 2 heterocycles. The Morgan fingerprint density at radius 3 is 3.21 bits per heavy atom.